The lowest BCUT2D eigenvalue weighted by molar-refractivity contribution is -0.126. The Morgan fingerprint density at radius 2 is 0.690 bits per heavy atom. The van der Waals surface area contributed by atoms with Crippen LogP contribution in [0.2, 0.25) is 0 Å². The second kappa shape index (κ2) is 26.3. The number of aliphatic hydroxyl groups is 1. The molecule has 3 fully saturated rings. The largest absolute Gasteiger partial charge is 0.396 e. The number of benzene rings is 6. The SMILES string of the molecule is NC(=O)C1CC(n2cc(-c3ccc4ccc(-c5ccccc5)nc4c3)c3c(N)ncnc32)C1.NC(=O)C1CC(n2cc(-c3ccc4ccc(-c5ccccc5)nc4c3)c3c(N)ncnc32)C1.Nc1ncnc2c1c(-c1ccc3ccc(-c4ccccc4)nc3c1)cn2C1CCC(CO)CC1. The zero-order chi connectivity index (χ0) is 68.1. The smallest absolute Gasteiger partial charge is 0.220 e. The van der Waals surface area contributed by atoms with E-state index in [4.69, 9.17) is 43.6 Å². The summed E-state index contributed by atoms with van der Waals surface area (Å²) in [5, 5.41) is 15.3. The first-order valence-corrected chi connectivity index (χ1v) is 33.8. The molecule has 0 saturated heterocycles. The molecule has 3 aliphatic carbocycles. The highest BCUT2D eigenvalue weighted by molar-refractivity contribution is 6.05. The number of amides is 2. The standard InChI is InChI=1S/C28H27N5O.2C26H22N6O/c29-27-26-23(15-33(28(26)31-17-30-27)22-11-6-18(16-34)7-12-22)21-9-8-20-10-13-24(32-25(20)14-21)19-4-2-1-3-5-19;2*27-24-23-20(13-32(26(23)30-14-29-24)19-10-18(11-19)25(28)33)17-7-6-16-8-9-21(31-22(16)12-17)15-4-2-1-3-5-15/h1-5,8-10,13-15,17-18,22,34H,6-7,11-12,16H2,(H2,29,30,31);2*1-9,12-14,18-19H,10-11H2,(H2,28,33)(H2,27,29,30). The number of primary amides is 2. The van der Waals surface area contributed by atoms with Gasteiger partial charge in [-0.25, -0.2) is 44.9 Å². The monoisotopic (exact) mass is 1320 g/mol. The van der Waals surface area contributed by atoms with Crippen LogP contribution in [0.15, 0.2) is 220 Å². The summed E-state index contributed by atoms with van der Waals surface area (Å²) in [5.41, 5.74) is 47.2. The number of hydrogen-bond acceptors (Lipinski definition) is 15. The van der Waals surface area contributed by atoms with Crippen LogP contribution in [-0.2, 0) is 9.59 Å². The lowest BCUT2D eigenvalue weighted by Crippen LogP contribution is -2.36. The van der Waals surface area contributed by atoms with Gasteiger partial charge in [0.05, 0.1) is 49.8 Å². The molecule has 6 aromatic carbocycles. The Morgan fingerprint density at radius 1 is 0.380 bits per heavy atom. The third-order valence-electron chi connectivity index (χ3n) is 20.4. The molecule has 100 heavy (non-hydrogen) atoms. The molecule has 9 aromatic heterocycles. The quantitative estimate of drug-likeness (QED) is 0.0662. The van der Waals surface area contributed by atoms with Crippen molar-refractivity contribution in [2.75, 3.05) is 23.8 Å². The maximum absolute atomic E-state index is 11.5. The summed E-state index contributed by atoms with van der Waals surface area (Å²) >= 11 is 0. The van der Waals surface area contributed by atoms with Gasteiger partial charge in [0.2, 0.25) is 11.8 Å². The highest BCUT2D eigenvalue weighted by atomic mass is 16.3. The number of carbonyl (C=O) groups is 2. The molecule has 11 N–H and O–H groups in total. The fourth-order valence-electron chi connectivity index (χ4n) is 14.7. The van der Waals surface area contributed by atoms with Crippen LogP contribution in [0.1, 0.15) is 69.5 Å². The van der Waals surface area contributed by atoms with Crippen LogP contribution < -0.4 is 28.7 Å². The number of hydrogen-bond donors (Lipinski definition) is 6. The van der Waals surface area contributed by atoms with Gasteiger partial charge >= 0.3 is 0 Å². The molecule has 0 radical (unpaired) electrons. The van der Waals surface area contributed by atoms with Crippen LogP contribution in [0, 0.1) is 17.8 Å². The molecule has 15 aromatic rings. The number of carbonyl (C=O) groups excluding carboxylic acids is 2. The molecule has 3 saturated carbocycles. The van der Waals surface area contributed by atoms with E-state index in [-0.39, 0.29) is 42.3 Å². The third-order valence-corrected chi connectivity index (χ3v) is 20.4. The maximum atomic E-state index is 11.5. The highest BCUT2D eigenvalue weighted by Crippen LogP contribution is 2.46. The number of nitrogens with two attached hydrogens (primary N) is 5. The van der Waals surface area contributed by atoms with Gasteiger partial charge in [0.1, 0.15) is 53.4 Å². The maximum Gasteiger partial charge on any atom is 0.220 e. The number of nitrogen functional groups attached to an aromatic ring is 3. The van der Waals surface area contributed by atoms with E-state index in [0.29, 0.717) is 55.1 Å². The van der Waals surface area contributed by atoms with Crippen molar-refractivity contribution >= 4 is 95.1 Å². The van der Waals surface area contributed by atoms with Crippen molar-refractivity contribution in [1.29, 1.82) is 0 Å². The minimum absolute atomic E-state index is 0.0867. The lowest BCUT2D eigenvalue weighted by atomic mass is 9.79. The van der Waals surface area contributed by atoms with Gasteiger partial charge in [0.25, 0.3) is 0 Å². The predicted octanol–water partition coefficient (Wildman–Crippen LogP) is 14.3. The molecule has 0 spiro atoms. The van der Waals surface area contributed by atoms with Crippen LogP contribution in [0.4, 0.5) is 17.5 Å². The first-order valence-electron chi connectivity index (χ1n) is 33.8. The van der Waals surface area contributed by atoms with Crippen LogP contribution >= 0.6 is 0 Å². The molecule has 494 valence electrons. The molecule has 0 aliphatic heterocycles. The van der Waals surface area contributed by atoms with E-state index in [1.165, 1.54) is 12.7 Å². The van der Waals surface area contributed by atoms with E-state index < -0.39 is 0 Å². The zero-order valence-electron chi connectivity index (χ0n) is 54.6. The Bertz CT molecular complexity index is 5370. The van der Waals surface area contributed by atoms with Crippen LogP contribution in [0.5, 0.6) is 0 Å². The Morgan fingerprint density at radius 3 is 1.00 bits per heavy atom. The van der Waals surface area contributed by atoms with Crippen molar-refractivity contribution in [2.24, 2.45) is 29.2 Å². The van der Waals surface area contributed by atoms with E-state index in [9.17, 15) is 14.7 Å². The normalized spacial score (nSPS) is 18.1. The fourth-order valence-corrected chi connectivity index (χ4v) is 14.7. The number of aromatic nitrogens is 12. The minimum atomic E-state index is -0.244. The number of fused-ring (bicyclic) bond motifs is 6. The summed E-state index contributed by atoms with van der Waals surface area (Å²) in [6, 6.07) is 62.5. The van der Waals surface area contributed by atoms with Gasteiger partial charge in [-0.05, 0) is 110 Å². The van der Waals surface area contributed by atoms with E-state index in [0.717, 1.165) is 159 Å². The lowest BCUT2D eigenvalue weighted by Gasteiger charge is -2.34. The second-order valence-electron chi connectivity index (χ2n) is 26.4. The number of aliphatic hydroxyl groups excluding tert-OH is 1. The van der Waals surface area contributed by atoms with Crippen molar-refractivity contribution in [3.63, 3.8) is 0 Å². The van der Waals surface area contributed by atoms with Crippen LogP contribution in [-0.4, -0.2) is 82.1 Å². The molecular weight excluding hydrogens is 1250 g/mol. The van der Waals surface area contributed by atoms with E-state index in [1.807, 2.05) is 66.7 Å². The first kappa shape index (κ1) is 62.5. The molecule has 0 unspecified atom stereocenters. The number of pyridine rings is 3. The van der Waals surface area contributed by atoms with Gasteiger partial charge in [0.15, 0.2) is 0 Å². The van der Waals surface area contributed by atoms with Crippen molar-refractivity contribution in [3.05, 3.63) is 220 Å². The third kappa shape index (κ3) is 11.9. The molecule has 20 heteroatoms. The van der Waals surface area contributed by atoms with Crippen molar-refractivity contribution in [1.82, 2.24) is 58.6 Å². The molecule has 9 heterocycles. The number of rotatable bonds is 12. The highest BCUT2D eigenvalue weighted by Gasteiger charge is 2.37. The molecule has 2 amide bonds. The topological polar surface area (TPSA) is 315 Å². The van der Waals surface area contributed by atoms with Crippen LogP contribution in [0.25, 0.3) is 133 Å². The first-order chi connectivity index (χ1) is 48.9. The summed E-state index contributed by atoms with van der Waals surface area (Å²) in [6.07, 6.45) is 17.8. The van der Waals surface area contributed by atoms with E-state index in [2.05, 4.69) is 177 Å². The van der Waals surface area contributed by atoms with Gasteiger partial charge in [-0.15, -0.1) is 0 Å². The number of nitrogens with zero attached hydrogens (tertiary/aromatic N) is 12. The van der Waals surface area contributed by atoms with Gasteiger partial charge in [-0.2, -0.15) is 0 Å². The molecule has 0 bridgehead atoms. The van der Waals surface area contributed by atoms with E-state index in [1.54, 1.807) is 6.33 Å². The Kier molecular flexibility index (Phi) is 16.4. The predicted molar refractivity (Wildman–Crippen MR) is 394 cm³/mol. The van der Waals surface area contributed by atoms with Gasteiger partial charge in [-0.1, -0.05) is 146 Å². The summed E-state index contributed by atoms with van der Waals surface area (Å²) in [7, 11) is 0. The van der Waals surface area contributed by atoms with Gasteiger partial charge < -0.3 is 47.5 Å². The molecule has 20 nitrogen and oxygen atoms in total. The second-order valence-corrected chi connectivity index (χ2v) is 26.4. The van der Waals surface area contributed by atoms with Crippen molar-refractivity contribution in [2.45, 2.75) is 69.5 Å². The summed E-state index contributed by atoms with van der Waals surface area (Å²) in [4.78, 5) is 64.2. The van der Waals surface area contributed by atoms with E-state index >= 15 is 0 Å². The summed E-state index contributed by atoms with van der Waals surface area (Å²) < 4.78 is 6.49. The average molecular weight is 1320 g/mol. The Balaban J connectivity index is 0.000000117. The molecule has 0 atom stereocenters. The zero-order valence-corrected chi connectivity index (χ0v) is 54.6. The summed E-state index contributed by atoms with van der Waals surface area (Å²) in [6.45, 7) is 0.272. The average Bonchev–Trinajstić information content (AvgIpc) is 1.60. The molecular formula is C80H71N17O3. The number of anilines is 3. The van der Waals surface area contributed by atoms with Gasteiger partial charge in [0, 0.05) is 105 Å². The minimum Gasteiger partial charge on any atom is -0.396 e. The molecule has 3 aliphatic rings. The van der Waals surface area contributed by atoms with Gasteiger partial charge in [-0.3, -0.25) is 9.59 Å². The van der Waals surface area contributed by atoms with Crippen LogP contribution in [0.3, 0.4) is 0 Å². The molecule has 18 rings (SSSR count). The van der Waals surface area contributed by atoms with Crippen molar-refractivity contribution < 1.29 is 14.7 Å². The van der Waals surface area contributed by atoms with Crippen molar-refractivity contribution in [3.8, 4) is 67.2 Å². The fraction of sp³-hybridized carbons (Fsp3) is 0.188. The Labute approximate surface area is 574 Å². The summed E-state index contributed by atoms with van der Waals surface area (Å²) in [5.74, 6) is 1.11. The Hall–Kier alpha value is -12.3.